The fraction of sp³-hybridized carbons (Fsp3) is 0.562. The van der Waals surface area contributed by atoms with Crippen LogP contribution in [0.15, 0.2) is 12.1 Å². The van der Waals surface area contributed by atoms with Gasteiger partial charge in [-0.1, -0.05) is 6.92 Å². The van der Waals surface area contributed by atoms with E-state index in [9.17, 15) is 18.7 Å². The number of ether oxygens (including phenoxy) is 1. The molecule has 2 rings (SSSR count). The molecule has 0 aliphatic carbocycles. The lowest BCUT2D eigenvalue weighted by atomic mass is 9.77. The summed E-state index contributed by atoms with van der Waals surface area (Å²) < 4.78 is 32.6. The Bertz CT molecular complexity index is 565. The molecular formula is C16H21F2NO3. The van der Waals surface area contributed by atoms with Gasteiger partial charge in [-0.25, -0.2) is 8.78 Å². The van der Waals surface area contributed by atoms with E-state index >= 15 is 0 Å². The number of benzene rings is 1. The van der Waals surface area contributed by atoms with E-state index in [1.165, 1.54) is 13.2 Å². The minimum absolute atomic E-state index is 0.139. The first-order valence-electron chi connectivity index (χ1n) is 7.40. The van der Waals surface area contributed by atoms with Crippen LogP contribution in [-0.2, 0) is 11.3 Å². The topological polar surface area (TPSA) is 49.8 Å². The van der Waals surface area contributed by atoms with E-state index in [1.54, 1.807) is 0 Å². The van der Waals surface area contributed by atoms with Gasteiger partial charge in [-0.15, -0.1) is 0 Å². The smallest absolute Gasteiger partial charge is 0.310 e. The summed E-state index contributed by atoms with van der Waals surface area (Å²) in [5.41, 5.74) is -0.672. The van der Waals surface area contributed by atoms with Crippen LogP contribution < -0.4 is 4.74 Å². The van der Waals surface area contributed by atoms with E-state index in [0.717, 1.165) is 12.5 Å². The maximum atomic E-state index is 14.0. The number of halogens is 2. The van der Waals surface area contributed by atoms with Crippen LogP contribution in [0.25, 0.3) is 0 Å². The van der Waals surface area contributed by atoms with Gasteiger partial charge in [0, 0.05) is 18.7 Å². The highest BCUT2D eigenvalue weighted by Gasteiger charge is 2.41. The van der Waals surface area contributed by atoms with Gasteiger partial charge in [0.1, 0.15) is 5.75 Å². The van der Waals surface area contributed by atoms with Crippen LogP contribution in [0.1, 0.15) is 31.7 Å². The summed E-state index contributed by atoms with van der Waals surface area (Å²) in [4.78, 5) is 13.4. The molecule has 1 N–H and O–H groups in total. The molecule has 1 fully saturated rings. The number of aliphatic carboxylic acids is 1. The van der Waals surface area contributed by atoms with E-state index in [1.807, 2.05) is 11.8 Å². The highest BCUT2D eigenvalue weighted by molar-refractivity contribution is 5.75. The lowest BCUT2D eigenvalue weighted by molar-refractivity contribution is -0.153. The molecule has 0 radical (unpaired) electrons. The molecule has 0 spiro atoms. The van der Waals surface area contributed by atoms with Crippen LogP contribution in [0.4, 0.5) is 8.78 Å². The molecule has 1 atom stereocenters. The first-order valence-corrected chi connectivity index (χ1v) is 7.40. The number of carboxylic acid groups (broad SMARTS) is 1. The SMILES string of the molecule is CC[C@@]1(C(=O)O)CCCN(Cc2c(OC)ccc(F)c2F)C1. The Morgan fingerprint density at radius 2 is 2.18 bits per heavy atom. The lowest BCUT2D eigenvalue weighted by Gasteiger charge is -2.39. The molecule has 1 aliphatic heterocycles. The Morgan fingerprint density at radius 1 is 1.45 bits per heavy atom. The Balaban J connectivity index is 2.24. The second-order valence-electron chi connectivity index (χ2n) is 5.80. The first-order chi connectivity index (χ1) is 10.4. The van der Waals surface area contributed by atoms with Crippen LogP contribution in [0, 0.1) is 17.0 Å². The minimum atomic E-state index is -0.928. The van der Waals surface area contributed by atoms with E-state index in [0.29, 0.717) is 25.9 Å². The molecule has 1 saturated heterocycles. The Kier molecular flexibility index (Phi) is 5.01. The number of hydrogen-bond donors (Lipinski definition) is 1. The van der Waals surface area contributed by atoms with Crippen molar-refractivity contribution in [2.45, 2.75) is 32.7 Å². The summed E-state index contributed by atoms with van der Waals surface area (Å²) in [6.45, 7) is 2.98. The summed E-state index contributed by atoms with van der Waals surface area (Å²) >= 11 is 0. The zero-order chi connectivity index (χ0) is 16.3. The van der Waals surface area contributed by atoms with Gasteiger partial charge in [0.25, 0.3) is 0 Å². The van der Waals surface area contributed by atoms with Gasteiger partial charge in [0.2, 0.25) is 0 Å². The third-order valence-corrected chi connectivity index (χ3v) is 4.54. The maximum Gasteiger partial charge on any atom is 0.310 e. The van der Waals surface area contributed by atoms with E-state index < -0.39 is 23.0 Å². The minimum Gasteiger partial charge on any atom is -0.496 e. The maximum absolute atomic E-state index is 14.0. The average Bonchev–Trinajstić information content (AvgIpc) is 2.52. The van der Waals surface area contributed by atoms with Crippen LogP contribution >= 0.6 is 0 Å². The molecule has 0 amide bonds. The zero-order valence-corrected chi connectivity index (χ0v) is 12.9. The Labute approximate surface area is 128 Å². The van der Waals surface area contributed by atoms with Crippen LogP contribution in [0.2, 0.25) is 0 Å². The highest BCUT2D eigenvalue weighted by Crippen LogP contribution is 2.35. The second-order valence-corrected chi connectivity index (χ2v) is 5.80. The van der Waals surface area contributed by atoms with Crippen molar-refractivity contribution < 1.29 is 23.4 Å². The molecule has 1 aromatic rings. The van der Waals surface area contributed by atoms with Crippen LogP contribution in [-0.4, -0.2) is 36.2 Å². The number of likely N-dealkylation sites (tertiary alicyclic amines) is 1. The number of hydrogen-bond acceptors (Lipinski definition) is 3. The van der Waals surface area contributed by atoms with Gasteiger partial charge in [0.05, 0.1) is 12.5 Å². The average molecular weight is 313 g/mol. The van der Waals surface area contributed by atoms with Crippen molar-refractivity contribution in [3.05, 3.63) is 29.3 Å². The molecule has 1 aromatic carbocycles. The molecule has 6 heteroatoms. The van der Waals surface area contributed by atoms with E-state index in [4.69, 9.17) is 4.74 Å². The van der Waals surface area contributed by atoms with Crippen molar-refractivity contribution in [2.75, 3.05) is 20.2 Å². The third-order valence-electron chi connectivity index (χ3n) is 4.54. The van der Waals surface area contributed by atoms with Crippen molar-refractivity contribution >= 4 is 5.97 Å². The number of rotatable bonds is 5. The molecule has 0 aromatic heterocycles. The Morgan fingerprint density at radius 3 is 2.77 bits per heavy atom. The standard InChI is InChI=1S/C16H21F2NO3/c1-3-16(15(20)21)7-4-8-19(10-16)9-11-13(22-2)6-5-12(17)14(11)18/h5-6H,3-4,7-10H2,1-2H3,(H,20,21)/t16-/m1/s1. The van der Waals surface area contributed by atoms with Crippen molar-refractivity contribution in [3.8, 4) is 5.75 Å². The predicted molar refractivity (Wildman–Crippen MR) is 77.8 cm³/mol. The van der Waals surface area contributed by atoms with Crippen molar-refractivity contribution in [1.82, 2.24) is 4.90 Å². The normalized spacial score (nSPS) is 22.5. The molecule has 0 unspecified atom stereocenters. The van der Waals surface area contributed by atoms with Gasteiger partial charge >= 0.3 is 5.97 Å². The third kappa shape index (κ3) is 3.06. The van der Waals surface area contributed by atoms with Gasteiger partial charge in [-0.2, -0.15) is 0 Å². The fourth-order valence-corrected chi connectivity index (χ4v) is 3.11. The molecule has 0 bridgehead atoms. The van der Waals surface area contributed by atoms with Gasteiger partial charge in [-0.3, -0.25) is 9.69 Å². The number of carbonyl (C=O) groups is 1. The van der Waals surface area contributed by atoms with Gasteiger partial charge < -0.3 is 9.84 Å². The summed E-state index contributed by atoms with van der Waals surface area (Å²) in [6.07, 6.45) is 1.85. The second kappa shape index (κ2) is 6.60. The zero-order valence-electron chi connectivity index (χ0n) is 12.9. The molecule has 22 heavy (non-hydrogen) atoms. The lowest BCUT2D eigenvalue weighted by Crippen LogP contribution is -2.47. The van der Waals surface area contributed by atoms with Crippen LogP contribution in [0.3, 0.4) is 0 Å². The first kappa shape index (κ1) is 16.7. The quantitative estimate of drug-likeness (QED) is 0.908. The highest BCUT2D eigenvalue weighted by atomic mass is 19.2. The summed E-state index contributed by atoms with van der Waals surface area (Å²) in [5, 5.41) is 9.49. The monoisotopic (exact) mass is 313 g/mol. The van der Waals surface area contributed by atoms with Crippen molar-refractivity contribution in [1.29, 1.82) is 0 Å². The van der Waals surface area contributed by atoms with E-state index in [2.05, 4.69) is 0 Å². The van der Waals surface area contributed by atoms with Crippen LogP contribution in [0.5, 0.6) is 5.75 Å². The molecule has 1 heterocycles. The van der Waals surface area contributed by atoms with Gasteiger partial charge in [-0.05, 0) is 37.9 Å². The summed E-state index contributed by atoms with van der Waals surface area (Å²) in [7, 11) is 1.40. The summed E-state index contributed by atoms with van der Waals surface area (Å²) in [6, 6.07) is 2.42. The predicted octanol–water partition coefficient (Wildman–Crippen LogP) is 3.05. The van der Waals surface area contributed by atoms with Gasteiger partial charge in [0.15, 0.2) is 11.6 Å². The molecule has 122 valence electrons. The number of nitrogens with zero attached hydrogens (tertiary/aromatic N) is 1. The summed E-state index contributed by atoms with van der Waals surface area (Å²) in [5.74, 6) is -2.40. The van der Waals surface area contributed by atoms with E-state index in [-0.39, 0.29) is 17.9 Å². The van der Waals surface area contributed by atoms with Crippen molar-refractivity contribution in [2.24, 2.45) is 5.41 Å². The molecule has 0 saturated carbocycles. The molecule has 4 nitrogen and oxygen atoms in total. The molecule has 1 aliphatic rings. The largest absolute Gasteiger partial charge is 0.496 e. The fourth-order valence-electron chi connectivity index (χ4n) is 3.11. The Hall–Kier alpha value is -1.69. The number of carboxylic acids is 1. The number of piperidine rings is 1. The number of methoxy groups -OCH3 is 1. The molecular weight excluding hydrogens is 292 g/mol. The van der Waals surface area contributed by atoms with Crippen molar-refractivity contribution in [3.63, 3.8) is 0 Å².